The Bertz CT molecular complexity index is 750. The zero-order valence-electron chi connectivity index (χ0n) is 22.9. The Morgan fingerprint density at radius 1 is 1.18 bits per heavy atom. The van der Waals surface area contributed by atoms with E-state index in [2.05, 4.69) is 40.7 Å². The molecule has 0 aromatic rings. The molecular formula is C27H46O. The van der Waals surface area contributed by atoms with Gasteiger partial charge in [0, 0.05) is 5.48 Å². The summed E-state index contributed by atoms with van der Waals surface area (Å²) in [7, 11) is 0. The fourth-order valence-electron chi connectivity index (χ4n) is 7.52. The van der Waals surface area contributed by atoms with Crippen LogP contribution in [0.1, 0.15) is 111 Å². The SMILES string of the molecule is [2H][C@@H]1C([2H])([2H])[C@H]2[C@@H]3CC=C4C[C@@H](O)CC[C@]4(C)[C@H]3CC[C@]2(C)[C@@]1([2H])[C@H](C)CCCC(C)C. The van der Waals surface area contributed by atoms with Crippen molar-refractivity contribution in [1.29, 1.82) is 0 Å². The van der Waals surface area contributed by atoms with E-state index < -0.39 is 24.1 Å². The summed E-state index contributed by atoms with van der Waals surface area (Å²) < 4.78 is 37.2. The fourth-order valence-corrected chi connectivity index (χ4v) is 7.52. The Morgan fingerprint density at radius 3 is 2.71 bits per heavy atom. The topological polar surface area (TPSA) is 20.2 Å². The summed E-state index contributed by atoms with van der Waals surface area (Å²) in [6.45, 7) is 11.1. The predicted molar refractivity (Wildman–Crippen MR) is 119 cm³/mol. The number of fused-ring (bicyclic) bond motifs is 5. The van der Waals surface area contributed by atoms with E-state index in [0.29, 0.717) is 11.8 Å². The largest absolute Gasteiger partial charge is 0.393 e. The highest BCUT2D eigenvalue weighted by Gasteiger charge is 2.59. The van der Waals surface area contributed by atoms with Gasteiger partial charge in [0.2, 0.25) is 0 Å². The lowest BCUT2D eigenvalue weighted by Gasteiger charge is -2.58. The molecule has 1 heteroatoms. The van der Waals surface area contributed by atoms with E-state index in [9.17, 15) is 9.22 Å². The Balaban J connectivity index is 1.68. The van der Waals surface area contributed by atoms with Crippen LogP contribution < -0.4 is 0 Å². The molecule has 4 rings (SSSR count). The van der Waals surface area contributed by atoms with E-state index in [1.165, 1.54) is 5.57 Å². The number of allylic oxidation sites excluding steroid dienone is 1. The summed E-state index contributed by atoms with van der Waals surface area (Å²) >= 11 is 0. The van der Waals surface area contributed by atoms with Crippen LogP contribution in [0.2, 0.25) is 0 Å². The number of hydrogen-bond acceptors (Lipinski definition) is 1. The first kappa shape index (κ1) is 16.4. The Kier molecular flexibility index (Phi) is 4.54. The third-order valence-electron chi connectivity index (χ3n) is 9.27. The third-order valence-corrected chi connectivity index (χ3v) is 9.27. The summed E-state index contributed by atoms with van der Waals surface area (Å²) in [5, 5.41) is 10.3. The van der Waals surface area contributed by atoms with Gasteiger partial charge in [0.05, 0.1) is 6.10 Å². The Hall–Kier alpha value is -0.300. The zero-order valence-corrected chi connectivity index (χ0v) is 18.9. The first-order valence-electron chi connectivity index (χ1n) is 14.2. The van der Waals surface area contributed by atoms with Gasteiger partial charge in [-0.2, -0.15) is 0 Å². The zero-order chi connectivity index (χ0) is 23.7. The molecule has 0 aromatic carbocycles. The van der Waals surface area contributed by atoms with E-state index in [1.54, 1.807) is 0 Å². The quantitative estimate of drug-likeness (QED) is 0.485. The van der Waals surface area contributed by atoms with E-state index in [-0.39, 0.29) is 29.3 Å². The summed E-state index contributed by atoms with van der Waals surface area (Å²) in [6.07, 6.45) is 7.90. The number of hydrogen-bond donors (Lipinski definition) is 1. The summed E-state index contributed by atoms with van der Waals surface area (Å²) in [6, 6.07) is 0. The smallest absolute Gasteiger partial charge is 0.0577 e. The molecule has 1 N–H and O–H groups in total. The molecule has 0 heterocycles. The van der Waals surface area contributed by atoms with Gasteiger partial charge in [0.15, 0.2) is 0 Å². The monoisotopic (exact) mass is 390 g/mol. The minimum Gasteiger partial charge on any atom is -0.393 e. The van der Waals surface area contributed by atoms with Crippen LogP contribution in [0.3, 0.4) is 0 Å². The summed E-state index contributed by atoms with van der Waals surface area (Å²) in [5.74, 6) is 0.00637. The molecule has 0 amide bonds. The normalized spacial score (nSPS) is 55.7. The molecule has 0 spiro atoms. The van der Waals surface area contributed by atoms with Crippen molar-refractivity contribution in [1.82, 2.24) is 0 Å². The lowest BCUT2D eigenvalue weighted by molar-refractivity contribution is -0.0573. The van der Waals surface area contributed by atoms with Crippen molar-refractivity contribution in [2.75, 3.05) is 0 Å². The van der Waals surface area contributed by atoms with Crippen molar-refractivity contribution in [2.24, 2.45) is 46.3 Å². The molecule has 0 bridgehead atoms. The maximum Gasteiger partial charge on any atom is 0.0577 e. The maximum absolute atomic E-state index is 10.3. The van der Waals surface area contributed by atoms with Crippen LogP contribution in [0.5, 0.6) is 0 Å². The molecule has 0 saturated heterocycles. The number of aliphatic hydroxyl groups excluding tert-OH is 1. The van der Waals surface area contributed by atoms with Crippen LogP contribution in [-0.4, -0.2) is 11.2 Å². The van der Waals surface area contributed by atoms with Crippen LogP contribution in [0, 0.1) is 46.3 Å². The van der Waals surface area contributed by atoms with Gasteiger partial charge in [-0.05, 0) is 97.6 Å². The molecule has 1 nitrogen and oxygen atoms in total. The highest BCUT2D eigenvalue weighted by molar-refractivity contribution is 5.25. The molecule has 0 radical (unpaired) electrons. The van der Waals surface area contributed by atoms with Gasteiger partial charge in [-0.1, -0.05) is 65.5 Å². The average molecular weight is 391 g/mol. The van der Waals surface area contributed by atoms with Gasteiger partial charge in [0.1, 0.15) is 0 Å². The van der Waals surface area contributed by atoms with Crippen molar-refractivity contribution >= 4 is 0 Å². The third kappa shape index (κ3) is 3.42. The molecule has 0 unspecified atom stereocenters. The first-order chi connectivity index (χ1) is 14.8. The van der Waals surface area contributed by atoms with Crippen molar-refractivity contribution in [3.8, 4) is 0 Å². The Morgan fingerprint density at radius 2 is 1.96 bits per heavy atom. The first-order valence-corrected chi connectivity index (χ1v) is 12.1. The van der Waals surface area contributed by atoms with Crippen LogP contribution in [0.4, 0.5) is 0 Å². The fraction of sp³-hybridized carbons (Fsp3) is 0.926. The maximum atomic E-state index is 10.3. The van der Waals surface area contributed by atoms with Crippen molar-refractivity contribution in [3.63, 3.8) is 0 Å². The predicted octanol–water partition coefficient (Wildman–Crippen LogP) is 7.39. The van der Waals surface area contributed by atoms with Crippen LogP contribution >= 0.6 is 0 Å². The van der Waals surface area contributed by atoms with Gasteiger partial charge >= 0.3 is 0 Å². The standard InChI is InChI=1S/C27H46O/c1-18(2)7-6-8-19(3)23-11-12-24-22-10-9-20-17-21(28)13-15-26(20,4)25(22)14-16-27(23,24)5/h9,18-19,21-25,28H,6-8,10-17H2,1-5H3/t19-,21+,22+,23-,24+,25+,26+,27-/m1/s1/i11D,12D2,23D/t11-,19-,21+,22+,23-,24+,25+,26+,27-. The molecule has 3 fully saturated rings. The van der Waals surface area contributed by atoms with Crippen LogP contribution in [0.15, 0.2) is 11.6 Å². The van der Waals surface area contributed by atoms with E-state index >= 15 is 0 Å². The van der Waals surface area contributed by atoms with Gasteiger partial charge in [-0.25, -0.2) is 0 Å². The second kappa shape index (κ2) is 7.75. The van der Waals surface area contributed by atoms with Gasteiger partial charge < -0.3 is 5.11 Å². The van der Waals surface area contributed by atoms with Crippen LogP contribution in [0.25, 0.3) is 0 Å². The molecule has 4 aliphatic rings. The van der Waals surface area contributed by atoms with E-state index in [4.69, 9.17) is 1.37 Å². The average Bonchev–Trinajstić information content (AvgIpc) is 2.83. The number of aliphatic hydroxyl groups is 1. The molecule has 0 aromatic heterocycles. The minimum absolute atomic E-state index is 0.0282. The highest BCUT2D eigenvalue weighted by Crippen LogP contribution is 2.67. The minimum atomic E-state index is -1.64. The molecule has 4 aliphatic carbocycles. The number of rotatable bonds is 5. The second-order valence-corrected chi connectivity index (χ2v) is 11.5. The van der Waals surface area contributed by atoms with Crippen molar-refractivity contribution in [2.45, 2.75) is 111 Å². The van der Waals surface area contributed by atoms with Crippen LogP contribution in [-0.2, 0) is 0 Å². The lowest BCUT2D eigenvalue weighted by atomic mass is 9.47. The van der Waals surface area contributed by atoms with Gasteiger partial charge in [-0.15, -0.1) is 0 Å². The van der Waals surface area contributed by atoms with Crippen molar-refractivity contribution < 1.29 is 10.6 Å². The Labute approximate surface area is 180 Å². The highest BCUT2D eigenvalue weighted by atomic mass is 16.3. The molecule has 0 aliphatic heterocycles. The van der Waals surface area contributed by atoms with E-state index in [1.807, 2.05) is 0 Å². The van der Waals surface area contributed by atoms with Crippen molar-refractivity contribution in [3.05, 3.63) is 11.6 Å². The molecule has 28 heavy (non-hydrogen) atoms. The lowest BCUT2D eigenvalue weighted by Crippen LogP contribution is -2.50. The second-order valence-electron chi connectivity index (χ2n) is 11.5. The molecule has 3 saturated carbocycles. The summed E-state index contributed by atoms with van der Waals surface area (Å²) in [4.78, 5) is 0. The van der Waals surface area contributed by atoms with Gasteiger partial charge in [0.25, 0.3) is 0 Å². The molecule has 160 valence electrons. The molecular weight excluding hydrogens is 340 g/mol. The molecule has 9 atom stereocenters. The van der Waals surface area contributed by atoms with Gasteiger partial charge in [-0.3, -0.25) is 0 Å². The van der Waals surface area contributed by atoms with E-state index in [0.717, 1.165) is 57.8 Å². The summed E-state index contributed by atoms with van der Waals surface area (Å²) in [5.41, 5.74) is 0.978.